The van der Waals surface area contributed by atoms with Gasteiger partial charge in [0.1, 0.15) is 5.84 Å². The zero-order chi connectivity index (χ0) is 9.97. The molecule has 0 aliphatic carbocycles. The maximum absolute atomic E-state index is 7.98. The van der Waals surface area contributed by atoms with Gasteiger partial charge in [-0.2, -0.15) is 11.8 Å². The van der Waals surface area contributed by atoms with Crippen molar-refractivity contribution in [3.63, 3.8) is 0 Å². The molecule has 0 unspecified atom stereocenters. The van der Waals surface area contributed by atoms with E-state index in [4.69, 9.17) is 5.41 Å². The monoisotopic (exact) mass is 206 g/mol. The van der Waals surface area contributed by atoms with Gasteiger partial charge in [0.25, 0.3) is 0 Å². The molecule has 1 aliphatic heterocycles. The number of amidine groups is 1. The lowest BCUT2D eigenvalue weighted by atomic mass is 10.1. The summed E-state index contributed by atoms with van der Waals surface area (Å²) in [5.74, 6) is 1.78. The summed E-state index contributed by atoms with van der Waals surface area (Å²) in [6, 6.07) is 8.20. The number of nitrogens with zero attached hydrogens (tertiary/aromatic N) is 1. The van der Waals surface area contributed by atoms with Crippen molar-refractivity contribution in [1.29, 1.82) is 5.41 Å². The van der Waals surface area contributed by atoms with E-state index in [9.17, 15) is 0 Å². The molecule has 1 aromatic rings. The molecule has 0 spiro atoms. The summed E-state index contributed by atoms with van der Waals surface area (Å²) in [5, 5.41) is 7.98. The largest absolute Gasteiger partial charge is 0.351 e. The highest BCUT2D eigenvalue weighted by Crippen LogP contribution is 2.21. The maximum atomic E-state index is 7.98. The first kappa shape index (κ1) is 9.59. The minimum atomic E-state index is 0.689. The molecule has 0 radical (unpaired) electrons. The molecule has 0 aromatic heterocycles. The number of fused-ring (bicyclic) bond motifs is 1. The fraction of sp³-hybridized carbons (Fsp3) is 0.364. The Hall–Kier alpha value is -0.960. The zero-order valence-corrected chi connectivity index (χ0v) is 9.10. The summed E-state index contributed by atoms with van der Waals surface area (Å²) in [5.41, 5.74) is 2.40. The van der Waals surface area contributed by atoms with Crippen LogP contribution in [-0.4, -0.2) is 29.3 Å². The van der Waals surface area contributed by atoms with Crippen LogP contribution in [0.4, 0.5) is 0 Å². The lowest BCUT2D eigenvalue weighted by Gasteiger charge is -2.16. The average Bonchev–Trinajstić information content (AvgIpc) is 2.54. The van der Waals surface area contributed by atoms with Crippen molar-refractivity contribution in [2.45, 2.75) is 6.54 Å². The SMILES string of the molecule is CSCCN1Cc2ccccc2C1=N. The molecule has 2 rings (SSSR count). The van der Waals surface area contributed by atoms with Gasteiger partial charge in [-0.05, 0) is 11.8 Å². The van der Waals surface area contributed by atoms with E-state index in [1.165, 1.54) is 5.56 Å². The Morgan fingerprint density at radius 1 is 1.43 bits per heavy atom. The van der Waals surface area contributed by atoms with E-state index in [2.05, 4.69) is 17.2 Å². The second kappa shape index (κ2) is 4.05. The van der Waals surface area contributed by atoms with Crippen LogP contribution >= 0.6 is 11.8 Å². The highest BCUT2D eigenvalue weighted by molar-refractivity contribution is 7.98. The van der Waals surface area contributed by atoms with Crippen molar-refractivity contribution in [2.24, 2.45) is 0 Å². The van der Waals surface area contributed by atoms with Crippen molar-refractivity contribution in [1.82, 2.24) is 4.90 Å². The van der Waals surface area contributed by atoms with Crippen LogP contribution in [0.5, 0.6) is 0 Å². The van der Waals surface area contributed by atoms with E-state index in [0.29, 0.717) is 5.84 Å². The standard InChI is InChI=1S/C11H14N2S/c1-14-7-6-13-8-9-4-2-3-5-10(9)11(13)12/h2-5,12H,6-8H2,1H3. The first-order valence-electron chi connectivity index (χ1n) is 4.73. The molecular formula is C11H14N2S. The van der Waals surface area contributed by atoms with E-state index in [1.807, 2.05) is 30.0 Å². The molecule has 2 nitrogen and oxygen atoms in total. The third-order valence-corrected chi connectivity index (χ3v) is 3.11. The van der Waals surface area contributed by atoms with Crippen LogP contribution in [0, 0.1) is 5.41 Å². The van der Waals surface area contributed by atoms with E-state index in [-0.39, 0.29) is 0 Å². The smallest absolute Gasteiger partial charge is 0.128 e. The first-order chi connectivity index (χ1) is 6.83. The highest BCUT2D eigenvalue weighted by Gasteiger charge is 2.22. The number of benzene rings is 1. The van der Waals surface area contributed by atoms with Crippen LogP contribution in [-0.2, 0) is 6.54 Å². The molecule has 0 saturated heterocycles. The first-order valence-corrected chi connectivity index (χ1v) is 6.13. The number of thioether (sulfide) groups is 1. The van der Waals surface area contributed by atoms with Crippen LogP contribution < -0.4 is 0 Å². The maximum Gasteiger partial charge on any atom is 0.128 e. The van der Waals surface area contributed by atoms with Crippen molar-refractivity contribution < 1.29 is 0 Å². The molecule has 14 heavy (non-hydrogen) atoms. The molecule has 0 atom stereocenters. The predicted molar refractivity (Wildman–Crippen MR) is 62.1 cm³/mol. The van der Waals surface area contributed by atoms with Crippen molar-refractivity contribution in [3.05, 3.63) is 35.4 Å². The van der Waals surface area contributed by atoms with Gasteiger partial charge < -0.3 is 4.90 Å². The highest BCUT2D eigenvalue weighted by atomic mass is 32.2. The summed E-state index contributed by atoms with van der Waals surface area (Å²) in [4.78, 5) is 2.14. The summed E-state index contributed by atoms with van der Waals surface area (Å²) in [7, 11) is 0. The van der Waals surface area contributed by atoms with Gasteiger partial charge in [0.2, 0.25) is 0 Å². The van der Waals surface area contributed by atoms with Gasteiger partial charge in [-0.25, -0.2) is 0 Å². The number of nitrogens with one attached hydrogen (secondary N) is 1. The van der Waals surface area contributed by atoms with Crippen LogP contribution in [0.3, 0.4) is 0 Å². The minimum absolute atomic E-state index is 0.689. The Balaban J connectivity index is 2.13. The Bertz CT molecular complexity index is 349. The summed E-state index contributed by atoms with van der Waals surface area (Å²) in [6.45, 7) is 1.89. The van der Waals surface area contributed by atoms with E-state index >= 15 is 0 Å². The molecular weight excluding hydrogens is 192 g/mol. The molecule has 1 heterocycles. The lowest BCUT2D eigenvalue weighted by Crippen LogP contribution is -2.26. The van der Waals surface area contributed by atoms with Crippen molar-refractivity contribution in [3.8, 4) is 0 Å². The molecule has 1 aliphatic rings. The van der Waals surface area contributed by atoms with E-state index in [0.717, 1.165) is 24.4 Å². The van der Waals surface area contributed by atoms with Gasteiger partial charge in [-0.3, -0.25) is 5.41 Å². The second-order valence-electron chi connectivity index (χ2n) is 3.42. The number of hydrogen-bond acceptors (Lipinski definition) is 2. The Labute approximate surface area is 88.8 Å². The summed E-state index contributed by atoms with van der Waals surface area (Å²) < 4.78 is 0. The van der Waals surface area contributed by atoms with Gasteiger partial charge in [0, 0.05) is 24.4 Å². The molecule has 0 fully saturated rings. The molecule has 0 amide bonds. The predicted octanol–water partition coefficient (Wildman–Crippen LogP) is 2.19. The fourth-order valence-corrected chi connectivity index (χ4v) is 2.14. The number of hydrogen-bond donors (Lipinski definition) is 1. The summed E-state index contributed by atoms with van der Waals surface area (Å²) >= 11 is 1.83. The van der Waals surface area contributed by atoms with Crippen LogP contribution in [0.1, 0.15) is 11.1 Å². The summed E-state index contributed by atoms with van der Waals surface area (Å²) in [6.07, 6.45) is 2.10. The van der Waals surface area contributed by atoms with Crippen LogP contribution in [0.25, 0.3) is 0 Å². The van der Waals surface area contributed by atoms with Gasteiger partial charge in [-0.1, -0.05) is 24.3 Å². The van der Waals surface area contributed by atoms with Gasteiger partial charge in [0.05, 0.1) is 0 Å². The van der Waals surface area contributed by atoms with Crippen molar-refractivity contribution in [2.75, 3.05) is 18.6 Å². The molecule has 74 valence electrons. The van der Waals surface area contributed by atoms with E-state index < -0.39 is 0 Å². The van der Waals surface area contributed by atoms with Gasteiger partial charge >= 0.3 is 0 Å². The van der Waals surface area contributed by atoms with Crippen LogP contribution in [0.2, 0.25) is 0 Å². The molecule has 1 aromatic carbocycles. The average molecular weight is 206 g/mol. The van der Waals surface area contributed by atoms with Gasteiger partial charge in [-0.15, -0.1) is 0 Å². The Kier molecular flexibility index (Phi) is 2.77. The second-order valence-corrected chi connectivity index (χ2v) is 4.41. The lowest BCUT2D eigenvalue weighted by molar-refractivity contribution is 0.456. The number of rotatable bonds is 3. The van der Waals surface area contributed by atoms with Gasteiger partial charge in [0.15, 0.2) is 0 Å². The third kappa shape index (κ3) is 1.64. The Morgan fingerprint density at radius 3 is 2.93 bits per heavy atom. The molecule has 0 saturated carbocycles. The fourth-order valence-electron chi connectivity index (χ4n) is 1.74. The molecule has 1 N–H and O–H groups in total. The van der Waals surface area contributed by atoms with Crippen LogP contribution in [0.15, 0.2) is 24.3 Å². The quantitative estimate of drug-likeness (QED) is 0.820. The Morgan fingerprint density at radius 2 is 2.21 bits per heavy atom. The normalized spacial score (nSPS) is 14.6. The molecule has 0 bridgehead atoms. The van der Waals surface area contributed by atoms with E-state index in [1.54, 1.807) is 0 Å². The van der Waals surface area contributed by atoms with Crippen molar-refractivity contribution >= 4 is 17.6 Å². The molecule has 3 heteroatoms. The third-order valence-electron chi connectivity index (χ3n) is 2.52. The minimum Gasteiger partial charge on any atom is -0.351 e. The zero-order valence-electron chi connectivity index (χ0n) is 8.29. The topological polar surface area (TPSA) is 27.1 Å².